The lowest BCUT2D eigenvalue weighted by Gasteiger charge is -2.31. The Balaban J connectivity index is 1.40. The Labute approximate surface area is 158 Å². The average Bonchev–Trinajstić information content (AvgIpc) is 3.15. The van der Waals surface area contributed by atoms with Crippen LogP contribution in [-0.4, -0.2) is 48.9 Å². The first-order valence-corrected chi connectivity index (χ1v) is 9.52. The maximum Gasteiger partial charge on any atom is 0.272 e. The highest BCUT2D eigenvalue weighted by Crippen LogP contribution is 2.23. The molecule has 0 N–H and O–H groups in total. The van der Waals surface area contributed by atoms with Crippen LogP contribution in [0, 0.1) is 5.92 Å². The lowest BCUT2D eigenvalue weighted by Crippen LogP contribution is -2.39. The second-order valence-corrected chi connectivity index (χ2v) is 7.56. The first kappa shape index (κ1) is 17.6. The van der Waals surface area contributed by atoms with Gasteiger partial charge >= 0.3 is 0 Å². The first-order chi connectivity index (χ1) is 13.1. The Morgan fingerprint density at radius 1 is 1.22 bits per heavy atom. The number of hydrogen-bond donors (Lipinski definition) is 0. The topological polar surface area (TPSA) is 76.8 Å². The fourth-order valence-electron chi connectivity index (χ4n) is 3.57. The molecule has 0 spiro atoms. The largest absolute Gasteiger partial charge is 0.337 e. The fourth-order valence-corrected chi connectivity index (χ4v) is 3.57. The van der Waals surface area contributed by atoms with E-state index < -0.39 is 0 Å². The molecule has 3 aromatic heterocycles. The summed E-state index contributed by atoms with van der Waals surface area (Å²) in [5, 5.41) is 9.52. The molecule has 0 saturated carbocycles. The van der Waals surface area contributed by atoms with E-state index in [0.717, 1.165) is 30.3 Å². The van der Waals surface area contributed by atoms with Gasteiger partial charge in [0.25, 0.3) is 5.91 Å². The number of piperidine rings is 1. The van der Waals surface area contributed by atoms with E-state index in [1.165, 1.54) is 0 Å². The summed E-state index contributed by atoms with van der Waals surface area (Å²) in [6.07, 6.45) is 6.45. The smallest absolute Gasteiger partial charge is 0.272 e. The van der Waals surface area contributed by atoms with Crippen LogP contribution in [0.25, 0.3) is 11.0 Å². The fraction of sp³-hybridized carbons (Fsp3) is 0.450. The summed E-state index contributed by atoms with van der Waals surface area (Å²) in [4.78, 5) is 23.4. The SMILES string of the molecule is CC(C)Cc1cn(C2CCN(C(=O)c3ccc4cccnc4n3)CC2)nn1. The molecule has 3 aromatic rings. The van der Waals surface area contributed by atoms with Gasteiger partial charge in [-0.25, -0.2) is 14.6 Å². The highest BCUT2D eigenvalue weighted by Gasteiger charge is 2.26. The van der Waals surface area contributed by atoms with Gasteiger partial charge in [-0.3, -0.25) is 4.79 Å². The number of nitrogens with zero attached hydrogens (tertiary/aromatic N) is 6. The maximum atomic E-state index is 12.8. The Bertz CT molecular complexity index is 942. The van der Waals surface area contributed by atoms with Crippen LogP contribution in [0.2, 0.25) is 0 Å². The molecule has 0 bridgehead atoms. The molecule has 1 aliphatic heterocycles. The lowest BCUT2D eigenvalue weighted by molar-refractivity contribution is 0.0683. The predicted octanol–water partition coefficient (Wildman–Crippen LogP) is 2.90. The molecule has 1 saturated heterocycles. The van der Waals surface area contributed by atoms with Gasteiger partial charge in [-0.2, -0.15) is 0 Å². The van der Waals surface area contributed by atoms with E-state index in [9.17, 15) is 4.79 Å². The number of fused-ring (bicyclic) bond motifs is 1. The molecule has 140 valence electrons. The number of carbonyl (C=O) groups is 1. The average molecular weight is 364 g/mol. The van der Waals surface area contributed by atoms with Crippen molar-refractivity contribution in [2.45, 2.75) is 39.2 Å². The van der Waals surface area contributed by atoms with E-state index in [2.05, 4.69) is 40.3 Å². The number of amides is 1. The number of aromatic nitrogens is 5. The molecule has 0 aliphatic carbocycles. The van der Waals surface area contributed by atoms with Gasteiger partial charge in [-0.1, -0.05) is 19.1 Å². The van der Waals surface area contributed by atoms with Crippen molar-refractivity contribution in [1.29, 1.82) is 0 Å². The Kier molecular flexibility index (Phi) is 4.83. The maximum absolute atomic E-state index is 12.8. The summed E-state index contributed by atoms with van der Waals surface area (Å²) < 4.78 is 1.97. The first-order valence-electron chi connectivity index (χ1n) is 9.52. The van der Waals surface area contributed by atoms with Gasteiger partial charge < -0.3 is 4.90 Å². The molecule has 27 heavy (non-hydrogen) atoms. The van der Waals surface area contributed by atoms with Crippen molar-refractivity contribution in [3.8, 4) is 0 Å². The van der Waals surface area contributed by atoms with Gasteiger partial charge in [-0.05, 0) is 49.4 Å². The van der Waals surface area contributed by atoms with E-state index in [1.54, 1.807) is 12.3 Å². The van der Waals surface area contributed by atoms with Gasteiger partial charge in [0, 0.05) is 30.9 Å². The van der Waals surface area contributed by atoms with Gasteiger partial charge in [0.05, 0.1) is 11.7 Å². The summed E-state index contributed by atoms with van der Waals surface area (Å²) in [5.41, 5.74) is 2.11. The van der Waals surface area contributed by atoms with Crippen LogP contribution in [0.15, 0.2) is 36.7 Å². The molecule has 1 amide bonds. The molecule has 4 rings (SSSR count). The third-order valence-corrected chi connectivity index (χ3v) is 4.98. The summed E-state index contributed by atoms with van der Waals surface area (Å²) in [6.45, 7) is 5.76. The van der Waals surface area contributed by atoms with Crippen LogP contribution in [0.4, 0.5) is 0 Å². The van der Waals surface area contributed by atoms with Crippen molar-refractivity contribution in [1.82, 2.24) is 29.9 Å². The number of pyridine rings is 2. The van der Waals surface area contributed by atoms with Crippen molar-refractivity contribution in [2.24, 2.45) is 5.92 Å². The summed E-state index contributed by atoms with van der Waals surface area (Å²) >= 11 is 0. The minimum Gasteiger partial charge on any atom is -0.337 e. The van der Waals surface area contributed by atoms with E-state index in [1.807, 2.05) is 27.8 Å². The molecule has 0 unspecified atom stereocenters. The Hall–Kier alpha value is -2.83. The Morgan fingerprint density at radius 2 is 2.04 bits per heavy atom. The molecule has 0 aromatic carbocycles. The van der Waals surface area contributed by atoms with Crippen LogP contribution in [0.5, 0.6) is 0 Å². The van der Waals surface area contributed by atoms with E-state index in [-0.39, 0.29) is 5.91 Å². The molecular formula is C20H24N6O. The van der Waals surface area contributed by atoms with Crippen molar-refractivity contribution in [3.63, 3.8) is 0 Å². The predicted molar refractivity (Wildman–Crippen MR) is 102 cm³/mol. The van der Waals surface area contributed by atoms with Crippen molar-refractivity contribution in [3.05, 3.63) is 48.0 Å². The second kappa shape index (κ2) is 7.42. The van der Waals surface area contributed by atoms with Crippen molar-refractivity contribution < 1.29 is 4.79 Å². The minimum atomic E-state index is -0.0277. The van der Waals surface area contributed by atoms with Crippen molar-refractivity contribution >= 4 is 16.9 Å². The van der Waals surface area contributed by atoms with Gasteiger partial charge in [-0.15, -0.1) is 5.10 Å². The molecule has 1 aliphatic rings. The summed E-state index contributed by atoms with van der Waals surface area (Å²) in [7, 11) is 0. The normalized spacial score (nSPS) is 15.6. The third kappa shape index (κ3) is 3.82. The standard InChI is InChI=1S/C20H24N6O/c1-14(2)12-16-13-26(24-23-16)17-7-10-25(11-8-17)20(27)18-6-5-15-4-3-9-21-19(15)22-18/h3-6,9,13-14,17H,7-8,10-12H2,1-2H3. The number of likely N-dealkylation sites (tertiary alicyclic amines) is 1. The van der Waals surface area contributed by atoms with Gasteiger partial charge in [0.2, 0.25) is 0 Å². The number of hydrogen-bond acceptors (Lipinski definition) is 5. The Morgan fingerprint density at radius 3 is 2.81 bits per heavy atom. The number of rotatable bonds is 4. The quantitative estimate of drug-likeness (QED) is 0.711. The van der Waals surface area contributed by atoms with Crippen molar-refractivity contribution in [2.75, 3.05) is 13.1 Å². The van der Waals surface area contributed by atoms with E-state index in [4.69, 9.17) is 0 Å². The highest BCUT2D eigenvalue weighted by atomic mass is 16.2. The molecule has 7 heteroatoms. The lowest BCUT2D eigenvalue weighted by atomic mass is 10.0. The van der Waals surface area contributed by atoms with E-state index in [0.29, 0.717) is 36.4 Å². The third-order valence-electron chi connectivity index (χ3n) is 4.98. The molecule has 7 nitrogen and oxygen atoms in total. The van der Waals surface area contributed by atoms with Crippen LogP contribution in [0.3, 0.4) is 0 Å². The zero-order chi connectivity index (χ0) is 18.8. The van der Waals surface area contributed by atoms with Crippen LogP contribution in [-0.2, 0) is 6.42 Å². The summed E-state index contributed by atoms with van der Waals surface area (Å²) in [6, 6.07) is 7.80. The number of carbonyl (C=O) groups excluding carboxylic acids is 1. The minimum absolute atomic E-state index is 0.0277. The van der Waals surface area contributed by atoms with Crippen LogP contribution in [0.1, 0.15) is 48.9 Å². The van der Waals surface area contributed by atoms with Gasteiger partial charge in [0.15, 0.2) is 5.65 Å². The van der Waals surface area contributed by atoms with Gasteiger partial charge in [0.1, 0.15) is 5.69 Å². The molecule has 1 fully saturated rings. The second-order valence-electron chi connectivity index (χ2n) is 7.56. The molecular weight excluding hydrogens is 340 g/mol. The molecule has 0 radical (unpaired) electrons. The van der Waals surface area contributed by atoms with E-state index >= 15 is 0 Å². The van der Waals surface area contributed by atoms with Crippen LogP contribution < -0.4 is 0 Å². The molecule has 4 heterocycles. The van der Waals surface area contributed by atoms with Crippen LogP contribution >= 0.6 is 0 Å². The highest BCUT2D eigenvalue weighted by molar-refractivity contribution is 5.94. The monoisotopic (exact) mass is 364 g/mol. The zero-order valence-electron chi connectivity index (χ0n) is 15.7. The molecule has 0 atom stereocenters. The zero-order valence-corrected chi connectivity index (χ0v) is 15.7. The summed E-state index contributed by atoms with van der Waals surface area (Å²) in [5.74, 6) is 0.540.